The fraction of sp³-hybridized carbons (Fsp3) is 0.0690. The molecule has 5 nitrogen and oxygen atoms in total. The first-order valence-corrected chi connectivity index (χ1v) is 11.6. The van der Waals surface area contributed by atoms with E-state index in [1.54, 1.807) is 12.0 Å². The Kier molecular flexibility index (Phi) is 6.37. The molecule has 5 rings (SSSR count). The molecule has 0 radical (unpaired) electrons. The van der Waals surface area contributed by atoms with E-state index in [1.165, 1.54) is 0 Å². The van der Waals surface area contributed by atoms with Gasteiger partial charge in [0.05, 0.1) is 29.5 Å². The average molecular weight is 478 g/mol. The van der Waals surface area contributed by atoms with Gasteiger partial charge in [0.25, 0.3) is 5.17 Å². The Hall–Kier alpha value is -4.29. The molecule has 172 valence electrons. The maximum atomic E-state index is 6.01. The van der Waals surface area contributed by atoms with E-state index in [2.05, 4.69) is 0 Å². The van der Waals surface area contributed by atoms with E-state index in [0.29, 0.717) is 10.9 Å². The topological polar surface area (TPSA) is 47.5 Å². The van der Waals surface area contributed by atoms with Gasteiger partial charge < -0.3 is 14.4 Å². The van der Waals surface area contributed by atoms with Gasteiger partial charge in [0.1, 0.15) is 11.5 Å². The number of hydrogen-bond acceptors (Lipinski definition) is 5. The van der Waals surface area contributed by atoms with E-state index >= 15 is 0 Å². The van der Waals surface area contributed by atoms with Gasteiger partial charge in [0.15, 0.2) is 0 Å². The summed E-state index contributed by atoms with van der Waals surface area (Å²) in [7, 11) is 3.51. The predicted molar refractivity (Wildman–Crippen MR) is 145 cm³/mol. The van der Waals surface area contributed by atoms with Crippen LogP contribution in [0.15, 0.2) is 103 Å². The summed E-state index contributed by atoms with van der Waals surface area (Å²) in [6.45, 7) is 0. The highest BCUT2D eigenvalue weighted by Gasteiger charge is 2.15. The molecule has 5 aromatic rings. The first-order valence-electron chi connectivity index (χ1n) is 11.1. The minimum absolute atomic E-state index is 0.326. The van der Waals surface area contributed by atoms with Crippen molar-refractivity contribution in [1.29, 1.82) is 0 Å². The molecule has 0 saturated carbocycles. The Morgan fingerprint density at radius 1 is 0.686 bits per heavy atom. The maximum absolute atomic E-state index is 6.01. The highest BCUT2D eigenvalue weighted by Crippen LogP contribution is 2.32. The fourth-order valence-corrected chi connectivity index (χ4v) is 3.97. The zero-order valence-corrected chi connectivity index (χ0v) is 20.2. The van der Waals surface area contributed by atoms with Crippen LogP contribution in [0.3, 0.4) is 0 Å². The van der Waals surface area contributed by atoms with E-state index in [9.17, 15) is 0 Å². The summed E-state index contributed by atoms with van der Waals surface area (Å²) in [6.07, 6.45) is 0. The summed E-state index contributed by atoms with van der Waals surface area (Å²) in [5, 5.41) is 0.326. The van der Waals surface area contributed by atoms with Crippen LogP contribution in [0.1, 0.15) is 0 Å². The van der Waals surface area contributed by atoms with E-state index in [1.807, 2.05) is 110 Å². The van der Waals surface area contributed by atoms with Crippen molar-refractivity contribution < 1.29 is 9.47 Å². The lowest BCUT2D eigenvalue weighted by molar-refractivity contribution is 0.415. The van der Waals surface area contributed by atoms with E-state index in [0.717, 1.165) is 45.0 Å². The minimum Gasteiger partial charge on any atom is -0.497 e. The number of methoxy groups -OCH3 is 1. The summed E-state index contributed by atoms with van der Waals surface area (Å²) in [5.41, 5.74) is 6.09. The highest BCUT2D eigenvalue weighted by atomic mass is 32.1. The van der Waals surface area contributed by atoms with Gasteiger partial charge in [-0.05, 0) is 48.6 Å². The van der Waals surface area contributed by atoms with Crippen LogP contribution in [0.4, 0.5) is 5.69 Å². The highest BCUT2D eigenvalue weighted by molar-refractivity contribution is 7.80. The predicted octanol–water partition coefficient (Wildman–Crippen LogP) is 6.77. The van der Waals surface area contributed by atoms with E-state index < -0.39 is 0 Å². The van der Waals surface area contributed by atoms with Gasteiger partial charge >= 0.3 is 0 Å². The molecule has 1 aromatic heterocycles. The van der Waals surface area contributed by atoms with Gasteiger partial charge in [-0.15, -0.1) is 0 Å². The first-order chi connectivity index (χ1) is 17.1. The van der Waals surface area contributed by atoms with Gasteiger partial charge in [0, 0.05) is 29.9 Å². The van der Waals surface area contributed by atoms with E-state index in [4.69, 9.17) is 31.7 Å². The lowest BCUT2D eigenvalue weighted by Gasteiger charge is -2.20. The van der Waals surface area contributed by atoms with Gasteiger partial charge in [-0.25, -0.2) is 9.97 Å². The molecule has 0 saturated heterocycles. The number of fused-ring (bicyclic) bond motifs is 1. The second-order valence-corrected chi connectivity index (χ2v) is 8.28. The van der Waals surface area contributed by atoms with Crippen LogP contribution < -0.4 is 14.4 Å². The second-order valence-electron chi connectivity index (χ2n) is 7.93. The quantitative estimate of drug-likeness (QED) is 0.260. The number of aromatic nitrogens is 2. The SMILES string of the molecule is COc1ccc(N(C)C(=S)Oc2ccc3nc(-c4ccccc4)c(-c4ccccc4)nc3c2)cc1. The van der Waals surface area contributed by atoms with Crippen LogP contribution in [0.2, 0.25) is 0 Å². The van der Waals surface area contributed by atoms with Crippen molar-refractivity contribution in [2.75, 3.05) is 19.1 Å². The van der Waals surface area contributed by atoms with Crippen LogP contribution >= 0.6 is 12.2 Å². The van der Waals surface area contributed by atoms with Crippen molar-refractivity contribution >= 4 is 34.1 Å². The average Bonchev–Trinajstić information content (AvgIpc) is 2.93. The van der Waals surface area contributed by atoms with Crippen molar-refractivity contribution in [3.63, 3.8) is 0 Å². The molecule has 1 heterocycles. The van der Waals surface area contributed by atoms with Crippen molar-refractivity contribution in [1.82, 2.24) is 9.97 Å². The van der Waals surface area contributed by atoms with Crippen LogP contribution in [0, 0.1) is 0 Å². The summed E-state index contributed by atoms with van der Waals surface area (Å²) < 4.78 is 11.2. The second kappa shape index (κ2) is 9.91. The molecule has 0 aliphatic heterocycles. The standard InChI is InChI=1S/C29H23N3O2S/c1-32(22-13-15-23(33-2)16-14-22)29(35)34-24-17-18-25-26(19-24)31-28(21-11-7-4-8-12-21)27(30-25)20-9-5-3-6-10-20/h3-19H,1-2H3. The van der Waals surface area contributed by atoms with Crippen LogP contribution in [-0.2, 0) is 0 Å². The molecular weight excluding hydrogens is 454 g/mol. The third-order valence-corrected chi connectivity index (χ3v) is 6.03. The molecule has 0 bridgehead atoms. The van der Waals surface area contributed by atoms with E-state index in [-0.39, 0.29) is 0 Å². The Balaban J connectivity index is 1.49. The minimum atomic E-state index is 0.326. The van der Waals surface area contributed by atoms with Gasteiger partial charge in [-0.2, -0.15) is 0 Å². The molecule has 0 spiro atoms. The smallest absolute Gasteiger partial charge is 0.269 e. The largest absolute Gasteiger partial charge is 0.497 e. The number of nitrogens with zero attached hydrogens (tertiary/aromatic N) is 3. The molecule has 0 fully saturated rings. The zero-order valence-electron chi connectivity index (χ0n) is 19.4. The van der Waals surface area contributed by atoms with Crippen molar-refractivity contribution in [2.24, 2.45) is 0 Å². The summed E-state index contributed by atoms with van der Waals surface area (Å²) in [4.78, 5) is 11.8. The molecule has 0 unspecified atom stereocenters. The van der Waals surface area contributed by atoms with Crippen molar-refractivity contribution in [3.05, 3.63) is 103 Å². The maximum Gasteiger partial charge on any atom is 0.269 e. The van der Waals surface area contributed by atoms with Gasteiger partial charge in [-0.1, -0.05) is 60.7 Å². The number of hydrogen-bond donors (Lipinski definition) is 0. The Morgan fingerprint density at radius 2 is 1.23 bits per heavy atom. The number of rotatable bonds is 5. The monoisotopic (exact) mass is 477 g/mol. The molecule has 0 amide bonds. The molecule has 4 aromatic carbocycles. The molecule has 0 atom stereocenters. The van der Waals surface area contributed by atoms with Crippen LogP contribution in [0.5, 0.6) is 11.5 Å². The summed E-state index contributed by atoms with van der Waals surface area (Å²) in [5.74, 6) is 1.38. The van der Waals surface area contributed by atoms with Gasteiger partial charge in [0.2, 0.25) is 0 Å². The zero-order chi connectivity index (χ0) is 24.2. The third-order valence-electron chi connectivity index (χ3n) is 5.67. The van der Waals surface area contributed by atoms with Crippen LogP contribution in [0.25, 0.3) is 33.5 Å². The summed E-state index contributed by atoms with van der Waals surface area (Å²) in [6, 6.07) is 33.5. The van der Waals surface area contributed by atoms with Crippen molar-refractivity contribution in [3.8, 4) is 34.0 Å². The lowest BCUT2D eigenvalue weighted by Crippen LogP contribution is -2.29. The fourth-order valence-electron chi connectivity index (χ4n) is 3.77. The lowest BCUT2D eigenvalue weighted by atomic mass is 10.0. The van der Waals surface area contributed by atoms with Crippen molar-refractivity contribution in [2.45, 2.75) is 0 Å². The molecule has 0 N–H and O–H groups in total. The van der Waals surface area contributed by atoms with Gasteiger partial charge in [-0.3, -0.25) is 0 Å². The summed E-state index contributed by atoms with van der Waals surface area (Å²) >= 11 is 5.55. The number of benzene rings is 4. The molecule has 0 aliphatic rings. The Bertz CT molecular complexity index is 1470. The Morgan fingerprint density at radius 3 is 1.80 bits per heavy atom. The normalized spacial score (nSPS) is 10.7. The first kappa shape index (κ1) is 22.5. The third kappa shape index (κ3) is 4.83. The number of anilines is 1. The molecule has 6 heteroatoms. The van der Waals surface area contributed by atoms with Crippen LogP contribution in [-0.4, -0.2) is 29.3 Å². The molecule has 35 heavy (non-hydrogen) atoms. The Labute approximate surface area is 209 Å². The number of thiocarbonyl (C=S) groups is 1. The molecule has 0 aliphatic carbocycles. The molecular formula is C29H23N3O2S. The number of ether oxygens (including phenoxy) is 2.